The first-order valence-electron chi connectivity index (χ1n) is 5.01. The number of nitro benzene ring substituents is 1. The van der Waals surface area contributed by atoms with Crippen LogP contribution in [0.4, 0.5) is 5.69 Å². The van der Waals surface area contributed by atoms with E-state index in [4.69, 9.17) is 0 Å². The second kappa shape index (κ2) is 4.62. The Morgan fingerprint density at radius 2 is 2.11 bits per heavy atom. The molecule has 0 fully saturated rings. The van der Waals surface area contributed by atoms with Crippen LogP contribution >= 0.6 is 0 Å². The van der Waals surface area contributed by atoms with Crippen molar-refractivity contribution in [1.29, 1.82) is 0 Å². The average Bonchev–Trinajstić information content (AvgIpc) is 2.67. The maximum Gasteiger partial charge on any atom is 0.364 e. The Balaban J connectivity index is 2.24. The molecule has 0 aliphatic carbocycles. The molecule has 2 rings (SSSR count). The van der Waals surface area contributed by atoms with Crippen LogP contribution in [0.5, 0.6) is 0 Å². The third kappa shape index (κ3) is 2.32. The standard InChI is InChI=1S/C10H9N5O3/c1-7-12-13-10(16)14(7)11-6-8-2-4-9(5-3-8)15(17)18/h2-6H,1H3,(H,13,16). The van der Waals surface area contributed by atoms with Crippen molar-refractivity contribution in [3.05, 3.63) is 56.3 Å². The van der Waals surface area contributed by atoms with E-state index in [2.05, 4.69) is 15.3 Å². The summed E-state index contributed by atoms with van der Waals surface area (Å²) in [4.78, 5) is 21.2. The average molecular weight is 247 g/mol. The van der Waals surface area contributed by atoms with Crippen LogP contribution in [-0.4, -0.2) is 26.0 Å². The van der Waals surface area contributed by atoms with Crippen molar-refractivity contribution in [3.63, 3.8) is 0 Å². The molecule has 0 radical (unpaired) electrons. The zero-order valence-electron chi connectivity index (χ0n) is 9.40. The Labute approximate surface area is 101 Å². The highest BCUT2D eigenvalue weighted by Crippen LogP contribution is 2.10. The summed E-state index contributed by atoms with van der Waals surface area (Å²) in [5.41, 5.74) is 0.211. The van der Waals surface area contributed by atoms with Gasteiger partial charge in [-0.3, -0.25) is 10.1 Å². The van der Waals surface area contributed by atoms with E-state index in [1.54, 1.807) is 19.1 Å². The van der Waals surface area contributed by atoms with Gasteiger partial charge in [0.2, 0.25) is 0 Å². The summed E-state index contributed by atoms with van der Waals surface area (Å²) in [5, 5.41) is 20.3. The Bertz CT molecular complexity index is 653. The van der Waals surface area contributed by atoms with Crippen LogP contribution in [0.1, 0.15) is 11.4 Å². The zero-order valence-corrected chi connectivity index (χ0v) is 9.40. The molecule has 1 aromatic carbocycles. The molecule has 0 amide bonds. The molecule has 8 heteroatoms. The van der Waals surface area contributed by atoms with Crippen molar-refractivity contribution in [3.8, 4) is 0 Å². The maximum absolute atomic E-state index is 11.2. The number of nitro groups is 1. The van der Waals surface area contributed by atoms with Gasteiger partial charge in [-0.25, -0.2) is 9.89 Å². The number of aryl methyl sites for hydroxylation is 1. The summed E-state index contributed by atoms with van der Waals surface area (Å²) >= 11 is 0. The Kier molecular flexibility index (Phi) is 3.00. The van der Waals surface area contributed by atoms with E-state index in [1.807, 2.05) is 0 Å². The highest BCUT2D eigenvalue weighted by molar-refractivity contribution is 5.79. The van der Waals surface area contributed by atoms with Crippen molar-refractivity contribution in [2.75, 3.05) is 0 Å². The van der Waals surface area contributed by atoms with Gasteiger partial charge in [0, 0.05) is 12.1 Å². The van der Waals surface area contributed by atoms with Crippen molar-refractivity contribution >= 4 is 11.9 Å². The normalized spacial score (nSPS) is 10.9. The number of H-pyrrole nitrogens is 1. The van der Waals surface area contributed by atoms with E-state index in [1.165, 1.54) is 18.3 Å². The molecule has 92 valence electrons. The number of nitrogens with zero attached hydrogens (tertiary/aromatic N) is 4. The predicted molar refractivity (Wildman–Crippen MR) is 63.7 cm³/mol. The van der Waals surface area contributed by atoms with Gasteiger partial charge >= 0.3 is 5.69 Å². The van der Waals surface area contributed by atoms with Crippen LogP contribution in [0, 0.1) is 17.0 Å². The van der Waals surface area contributed by atoms with Gasteiger partial charge in [-0.15, -0.1) is 0 Å². The van der Waals surface area contributed by atoms with Gasteiger partial charge < -0.3 is 0 Å². The van der Waals surface area contributed by atoms with Crippen LogP contribution in [0.2, 0.25) is 0 Å². The number of rotatable bonds is 3. The van der Waals surface area contributed by atoms with Crippen LogP contribution < -0.4 is 5.69 Å². The van der Waals surface area contributed by atoms with Gasteiger partial charge in [0.15, 0.2) is 5.82 Å². The SMILES string of the molecule is Cc1n[nH]c(=O)n1N=Cc1ccc([N+](=O)[O-])cc1. The largest absolute Gasteiger partial charge is 0.364 e. The van der Waals surface area contributed by atoms with Crippen molar-refractivity contribution < 1.29 is 4.92 Å². The second-order valence-electron chi connectivity index (χ2n) is 3.48. The molecule has 0 unspecified atom stereocenters. The van der Waals surface area contributed by atoms with Crippen LogP contribution in [0.25, 0.3) is 0 Å². The van der Waals surface area contributed by atoms with E-state index in [-0.39, 0.29) is 5.69 Å². The third-order valence-electron chi connectivity index (χ3n) is 2.24. The summed E-state index contributed by atoms with van der Waals surface area (Å²) < 4.78 is 1.10. The highest BCUT2D eigenvalue weighted by atomic mass is 16.6. The molecule has 0 atom stereocenters. The quantitative estimate of drug-likeness (QED) is 0.488. The van der Waals surface area contributed by atoms with Gasteiger partial charge in [0.25, 0.3) is 5.69 Å². The summed E-state index contributed by atoms with van der Waals surface area (Å²) in [5.74, 6) is 0.429. The molecular weight excluding hydrogens is 238 g/mol. The van der Waals surface area contributed by atoms with E-state index in [9.17, 15) is 14.9 Å². The van der Waals surface area contributed by atoms with Gasteiger partial charge in [-0.1, -0.05) is 0 Å². The number of aromatic amines is 1. The fourth-order valence-electron chi connectivity index (χ4n) is 1.31. The number of non-ortho nitro benzene ring substituents is 1. The lowest BCUT2D eigenvalue weighted by atomic mass is 10.2. The first-order valence-corrected chi connectivity index (χ1v) is 5.01. The van der Waals surface area contributed by atoms with E-state index < -0.39 is 10.6 Å². The smallest absolute Gasteiger partial charge is 0.258 e. The van der Waals surface area contributed by atoms with Gasteiger partial charge in [0.05, 0.1) is 11.1 Å². The molecular formula is C10H9N5O3. The van der Waals surface area contributed by atoms with Crippen molar-refractivity contribution in [2.24, 2.45) is 5.10 Å². The number of nitrogens with one attached hydrogen (secondary N) is 1. The third-order valence-corrected chi connectivity index (χ3v) is 2.24. The molecule has 0 saturated carbocycles. The molecule has 0 bridgehead atoms. The molecule has 8 nitrogen and oxygen atoms in total. The molecule has 1 aromatic heterocycles. The Morgan fingerprint density at radius 1 is 1.44 bits per heavy atom. The van der Waals surface area contributed by atoms with Crippen LogP contribution in [0.15, 0.2) is 34.2 Å². The highest BCUT2D eigenvalue weighted by Gasteiger charge is 2.03. The predicted octanol–water partition coefficient (Wildman–Crippen LogP) is 0.670. The minimum atomic E-state index is -0.481. The van der Waals surface area contributed by atoms with Gasteiger partial charge in [0.1, 0.15) is 0 Å². The topological polar surface area (TPSA) is 106 Å². The first kappa shape index (κ1) is 11.7. The van der Waals surface area contributed by atoms with E-state index in [0.717, 1.165) is 4.68 Å². The Morgan fingerprint density at radius 3 is 2.61 bits per heavy atom. The first-order chi connectivity index (χ1) is 8.58. The van der Waals surface area contributed by atoms with Gasteiger partial charge in [-0.2, -0.15) is 14.9 Å². The zero-order chi connectivity index (χ0) is 13.1. The minimum absolute atomic E-state index is 0.00353. The number of hydrogen-bond donors (Lipinski definition) is 1. The lowest BCUT2D eigenvalue weighted by Gasteiger charge is -1.94. The van der Waals surface area contributed by atoms with E-state index >= 15 is 0 Å². The fourth-order valence-corrected chi connectivity index (χ4v) is 1.31. The van der Waals surface area contributed by atoms with Gasteiger partial charge in [-0.05, 0) is 24.6 Å². The van der Waals surface area contributed by atoms with Crippen molar-refractivity contribution in [1.82, 2.24) is 14.9 Å². The van der Waals surface area contributed by atoms with Crippen LogP contribution in [0.3, 0.4) is 0 Å². The number of aromatic nitrogens is 3. The monoisotopic (exact) mass is 247 g/mol. The van der Waals surface area contributed by atoms with Crippen molar-refractivity contribution in [2.45, 2.75) is 6.92 Å². The van der Waals surface area contributed by atoms with E-state index in [0.29, 0.717) is 11.4 Å². The molecule has 1 N–H and O–H groups in total. The molecule has 0 aliphatic heterocycles. The molecule has 2 aromatic rings. The Hall–Kier alpha value is -2.77. The molecule has 0 spiro atoms. The molecule has 0 saturated heterocycles. The molecule has 0 aliphatic rings. The number of hydrogen-bond acceptors (Lipinski definition) is 5. The number of benzene rings is 1. The van der Waals surface area contributed by atoms with Crippen LogP contribution in [-0.2, 0) is 0 Å². The summed E-state index contributed by atoms with van der Waals surface area (Å²) in [6.07, 6.45) is 1.42. The summed E-state index contributed by atoms with van der Waals surface area (Å²) in [7, 11) is 0. The minimum Gasteiger partial charge on any atom is -0.258 e. The maximum atomic E-state index is 11.2. The fraction of sp³-hybridized carbons (Fsp3) is 0.100. The lowest BCUT2D eigenvalue weighted by molar-refractivity contribution is -0.384. The summed E-state index contributed by atoms with van der Waals surface area (Å²) in [6.45, 7) is 1.63. The molecule has 18 heavy (non-hydrogen) atoms. The lowest BCUT2D eigenvalue weighted by Crippen LogP contribution is -2.13. The summed E-state index contributed by atoms with van der Waals surface area (Å²) in [6, 6.07) is 5.82. The molecule has 1 heterocycles. The second-order valence-corrected chi connectivity index (χ2v) is 3.48.